The first kappa shape index (κ1) is 12.3. The Bertz CT molecular complexity index is 482. The lowest BCUT2D eigenvalue weighted by Crippen LogP contribution is -2.07. The molecule has 0 radical (unpaired) electrons. The van der Waals surface area contributed by atoms with E-state index in [9.17, 15) is 0 Å². The van der Waals surface area contributed by atoms with E-state index in [2.05, 4.69) is 37.6 Å². The summed E-state index contributed by atoms with van der Waals surface area (Å²) in [6.45, 7) is 1.55. The summed E-state index contributed by atoms with van der Waals surface area (Å²) in [4.78, 5) is 4.34. The fraction of sp³-hybridized carbons (Fsp3) is 0.308. The number of hydrogen-bond donors (Lipinski definition) is 0. The van der Waals surface area contributed by atoms with Gasteiger partial charge in [0.1, 0.15) is 5.82 Å². The second-order valence-corrected chi connectivity index (χ2v) is 4.76. The SMILES string of the molecule is COCCc1nccn1Cc1cccc(Br)c1. The molecule has 0 N–H and O–H groups in total. The minimum Gasteiger partial charge on any atom is -0.384 e. The highest BCUT2D eigenvalue weighted by Crippen LogP contribution is 2.13. The molecule has 17 heavy (non-hydrogen) atoms. The molecule has 4 heteroatoms. The van der Waals surface area contributed by atoms with E-state index < -0.39 is 0 Å². The van der Waals surface area contributed by atoms with Gasteiger partial charge in [-0.05, 0) is 17.7 Å². The Hall–Kier alpha value is -1.13. The molecule has 0 aliphatic rings. The third-order valence-electron chi connectivity index (χ3n) is 2.57. The minimum absolute atomic E-state index is 0.704. The summed E-state index contributed by atoms with van der Waals surface area (Å²) in [6.07, 6.45) is 4.69. The van der Waals surface area contributed by atoms with Gasteiger partial charge in [0.25, 0.3) is 0 Å². The molecule has 90 valence electrons. The van der Waals surface area contributed by atoms with Crippen molar-refractivity contribution in [3.63, 3.8) is 0 Å². The molecule has 3 nitrogen and oxygen atoms in total. The van der Waals surface area contributed by atoms with Crippen LogP contribution in [0, 0.1) is 0 Å². The van der Waals surface area contributed by atoms with Gasteiger partial charge in [0.15, 0.2) is 0 Å². The average Bonchev–Trinajstić information content (AvgIpc) is 2.74. The third kappa shape index (κ3) is 3.41. The molecule has 0 unspecified atom stereocenters. The van der Waals surface area contributed by atoms with Crippen LogP contribution in [-0.4, -0.2) is 23.3 Å². The van der Waals surface area contributed by atoms with Gasteiger partial charge in [0.2, 0.25) is 0 Å². The molecule has 0 amide bonds. The van der Waals surface area contributed by atoms with Crippen LogP contribution in [-0.2, 0) is 17.7 Å². The number of ether oxygens (including phenoxy) is 1. The van der Waals surface area contributed by atoms with Gasteiger partial charge in [-0.2, -0.15) is 0 Å². The maximum absolute atomic E-state index is 5.08. The first-order valence-corrected chi connectivity index (χ1v) is 6.32. The van der Waals surface area contributed by atoms with Gasteiger partial charge < -0.3 is 9.30 Å². The highest BCUT2D eigenvalue weighted by Gasteiger charge is 2.03. The first-order valence-electron chi connectivity index (χ1n) is 5.53. The van der Waals surface area contributed by atoms with E-state index in [0.29, 0.717) is 6.61 Å². The van der Waals surface area contributed by atoms with E-state index in [-0.39, 0.29) is 0 Å². The number of benzene rings is 1. The molecule has 2 aromatic rings. The average molecular weight is 295 g/mol. The number of halogens is 1. The Labute approximate surface area is 110 Å². The van der Waals surface area contributed by atoms with Gasteiger partial charge in [-0.15, -0.1) is 0 Å². The third-order valence-corrected chi connectivity index (χ3v) is 3.07. The van der Waals surface area contributed by atoms with Crippen molar-refractivity contribution >= 4 is 15.9 Å². The normalized spacial score (nSPS) is 10.7. The summed E-state index contributed by atoms with van der Waals surface area (Å²) in [7, 11) is 1.71. The van der Waals surface area contributed by atoms with Crippen molar-refractivity contribution in [2.24, 2.45) is 0 Å². The van der Waals surface area contributed by atoms with E-state index >= 15 is 0 Å². The summed E-state index contributed by atoms with van der Waals surface area (Å²) in [5.74, 6) is 1.06. The molecule has 0 aliphatic heterocycles. The molecule has 0 aliphatic carbocycles. The molecular formula is C13H15BrN2O. The second kappa shape index (κ2) is 5.98. The molecule has 0 atom stereocenters. The Kier molecular flexibility index (Phi) is 4.34. The number of hydrogen-bond acceptors (Lipinski definition) is 2. The van der Waals surface area contributed by atoms with Gasteiger partial charge in [0.05, 0.1) is 6.61 Å². The molecule has 0 saturated heterocycles. The van der Waals surface area contributed by atoms with E-state index in [4.69, 9.17) is 4.74 Å². The predicted octanol–water partition coefficient (Wildman–Crippen LogP) is 2.88. The zero-order chi connectivity index (χ0) is 12.1. The molecule has 0 spiro atoms. The van der Waals surface area contributed by atoms with Gasteiger partial charge in [-0.3, -0.25) is 0 Å². The number of nitrogens with zero attached hydrogens (tertiary/aromatic N) is 2. The zero-order valence-electron chi connectivity index (χ0n) is 9.77. The monoisotopic (exact) mass is 294 g/mol. The Balaban J connectivity index is 2.10. The van der Waals surface area contributed by atoms with Crippen molar-refractivity contribution in [3.8, 4) is 0 Å². The molecule has 1 aromatic carbocycles. The quantitative estimate of drug-likeness (QED) is 0.848. The first-order chi connectivity index (χ1) is 8.29. The van der Waals surface area contributed by atoms with Gasteiger partial charge in [-0.1, -0.05) is 28.1 Å². The molecule has 1 heterocycles. The lowest BCUT2D eigenvalue weighted by Gasteiger charge is -2.08. The summed E-state index contributed by atoms with van der Waals surface area (Å²) < 4.78 is 8.34. The Morgan fingerprint density at radius 1 is 1.41 bits per heavy atom. The minimum atomic E-state index is 0.704. The van der Waals surface area contributed by atoms with E-state index in [1.165, 1.54) is 5.56 Å². The number of methoxy groups -OCH3 is 1. The van der Waals surface area contributed by atoms with Crippen LogP contribution >= 0.6 is 15.9 Å². The Morgan fingerprint density at radius 3 is 3.06 bits per heavy atom. The fourth-order valence-corrected chi connectivity index (χ4v) is 2.18. The van der Waals surface area contributed by atoms with Gasteiger partial charge in [0, 0.05) is 36.9 Å². The van der Waals surface area contributed by atoms with Crippen LogP contribution in [0.3, 0.4) is 0 Å². The lowest BCUT2D eigenvalue weighted by molar-refractivity contribution is 0.199. The van der Waals surface area contributed by atoms with Crippen molar-refractivity contribution in [3.05, 3.63) is 52.5 Å². The lowest BCUT2D eigenvalue weighted by atomic mass is 10.2. The van der Waals surface area contributed by atoms with Crippen LogP contribution in [0.5, 0.6) is 0 Å². The van der Waals surface area contributed by atoms with Crippen LogP contribution in [0.1, 0.15) is 11.4 Å². The van der Waals surface area contributed by atoms with E-state index in [1.807, 2.05) is 24.5 Å². The predicted molar refractivity (Wildman–Crippen MR) is 71.1 cm³/mol. The maximum Gasteiger partial charge on any atom is 0.111 e. The van der Waals surface area contributed by atoms with Crippen LogP contribution < -0.4 is 0 Å². The highest BCUT2D eigenvalue weighted by molar-refractivity contribution is 9.10. The van der Waals surface area contributed by atoms with Crippen molar-refractivity contribution in [1.29, 1.82) is 0 Å². The van der Waals surface area contributed by atoms with E-state index in [0.717, 1.165) is 23.3 Å². The number of rotatable bonds is 5. The van der Waals surface area contributed by atoms with Gasteiger partial charge >= 0.3 is 0 Å². The zero-order valence-corrected chi connectivity index (χ0v) is 11.4. The van der Waals surface area contributed by atoms with Crippen LogP contribution in [0.4, 0.5) is 0 Å². The summed E-state index contributed by atoms with van der Waals surface area (Å²) in [6, 6.07) is 8.32. The van der Waals surface area contributed by atoms with Crippen LogP contribution in [0.15, 0.2) is 41.1 Å². The smallest absolute Gasteiger partial charge is 0.111 e. The standard InChI is InChI=1S/C13H15BrN2O/c1-17-8-5-13-15-6-7-16(13)10-11-3-2-4-12(14)9-11/h2-4,6-7,9H,5,8,10H2,1H3. The molecule has 0 saturated carbocycles. The maximum atomic E-state index is 5.08. The Morgan fingerprint density at radius 2 is 2.29 bits per heavy atom. The molecule has 1 aromatic heterocycles. The molecule has 0 bridgehead atoms. The summed E-state index contributed by atoms with van der Waals surface area (Å²) in [5.41, 5.74) is 1.26. The largest absolute Gasteiger partial charge is 0.384 e. The van der Waals surface area contributed by atoms with Crippen LogP contribution in [0.25, 0.3) is 0 Å². The summed E-state index contributed by atoms with van der Waals surface area (Å²) >= 11 is 3.48. The second-order valence-electron chi connectivity index (χ2n) is 3.84. The van der Waals surface area contributed by atoms with Crippen molar-refractivity contribution in [2.75, 3.05) is 13.7 Å². The van der Waals surface area contributed by atoms with Crippen molar-refractivity contribution < 1.29 is 4.74 Å². The number of imidazole rings is 1. The number of aromatic nitrogens is 2. The van der Waals surface area contributed by atoms with Crippen LogP contribution in [0.2, 0.25) is 0 Å². The van der Waals surface area contributed by atoms with Crippen molar-refractivity contribution in [2.45, 2.75) is 13.0 Å². The van der Waals surface area contributed by atoms with E-state index in [1.54, 1.807) is 7.11 Å². The molecule has 0 fully saturated rings. The molecular weight excluding hydrogens is 280 g/mol. The summed E-state index contributed by atoms with van der Waals surface area (Å²) in [5, 5.41) is 0. The highest BCUT2D eigenvalue weighted by atomic mass is 79.9. The van der Waals surface area contributed by atoms with Gasteiger partial charge in [-0.25, -0.2) is 4.98 Å². The molecule has 2 rings (SSSR count). The fourth-order valence-electron chi connectivity index (χ4n) is 1.74. The van der Waals surface area contributed by atoms with Crippen molar-refractivity contribution in [1.82, 2.24) is 9.55 Å². The topological polar surface area (TPSA) is 27.1 Å².